The van der Waals surface area contributed by atoms with Gasteiger partial charge in [0.05, 0.1) is 12.2 Å². The molecule has 2 rings (SSSR count). The molecule has 0 atom stereocenters. The van der Waals surface area contributed by atoms with Gasteiger partial charge in [0, 0.05) is 24.5 Å². The van der Waals surface area contributed by atoms with Crippen LogP contribution in [0.4, 0.5) is 10.1 Å². The van der Waals surface area contributed by atoms with Crippen molar-refractivity contribution in [2.45, 2.75) is 39.7 Å². The van der Waals surface area contributed by atoms with Crippen molar-refractivity contribution >= 4 is 17.5 Å². The zero-order chi connectivity index (χ0) is 17.7. The third-order valence-electron chi connectivity index (χ3n) is 4.12. The molecule has 1 aliphatic rings. The summed E-state index contributed by atoms with van der Waals surface area (Å²) in [4.78, 5) is 26.1. The van der Waals surface area contributed by atoms with Gasteiger partial charge in [-0.2, -0.15) is 0 Å². The number of piperidine rings is 1. The molecule has 1 aliphatic heterocycles. The molecule has 0 saturated carbocycles. The molecule has 2 N–H and O–H groups in total. The fraction of sp³-hybridized carbons (Fsp3) is 0.556. The maximum absolute atomic E-state index is 13.5. The second kappa shape index (κ2) is 7.75. The lowest BCUT2D eigenvalue weighted by Crippen LogP contribution is -2.48. The van der Waals surface area contributed by atoms with Gasteiger partial charge in [-0.3, -0.25) is 14.5 Å². The van der Waals surface area contributed by atoms with Crippen molar-refractivity contribution in [1.82, 2.24) is 10.2 Å². The highest BCUT2D eigenvalue weighted by Gasteiger charge is 2.27. The van der Waals surface area contributed by atoms with Crippen LogP contribution in [0.2, 0.25) is 0 Å². The Morgan fingerprint density at radius 2 is 1.83 bits per heavy atom. The summed E-state index contributed by atoms with van der Waals surface area (Å²) in [5, 5.41) is 5.66. The monoisotopic (exact) mass is 335 g/mol. The second-order valence-corrected chi connectivity index (χ2v) is 7.30. The Hall–Kier alpha value is -1.95. The minimum atomic E-state index is -0.436. The standard InChI is InChI=1S/C18H26FN3O2/c1-18(2,3)17(24)20-13-8-10-22(11-9-13)12-16(23)21-15-7-5-4-6-14(15)19/h4-7,13H,8-12H2,1-3H3,(H,20,24)(H,21,23). The van der Waals surface area contributed by atoms with Gasteiger partial charge < -0.3 is 10.6 Å². The summed E-state index contributed by atoms with van der Waals surface area (Å²) in [5.74, 6) is -0.607. The molecule has 0 unspecified atom stereocenters. The first kappa shape index (κ1) is 18.4. The summed E-state index contributed by atoms with van der Waals surface area (Å²) < 4.78 is 13.5. The summed E-state index contributed by atoms with van der Waals surface area (Å²) in [6.45, 7) is 7.38. The van der Waals surface area contributed by atoms with Crippen LogP contribution in [0.1, 0.15) is 33.6 Å². The van der Waals surface area contributed by atoms with E-state index in [1.165, 1.54) is 6.07 Å². The van der Waals surface area contributed by atoms with Crippen LogP contribution in [0, 0.1) is 11.2 Å². The summed E-state index contributed by atoms with van der Waals surface area (Å²) in [7, 11) is 0. The van der Waals surface area contributed by atoms with E-state index in [2.05, 4.69) is 10.6 Å². The number of anilines is 1. The van der Waals surface area contributed by atoms with Crippen LogP contribution in [0.15, 0.2) is 24.3 Å². The number of carbonyl (C=O) groups is 2. The molecule has 0 radical (unpaired) electrons. The molecule has 0 aliphatic carbocycles. The minimum Gasteiger partial charge on any atom is -0.353 e. The van der Waals surface area contributed by atoms with Crippen LogP contribution in [-0.4, -0.2) is 42.4 Å². The molecule has 2 amide bonds. The summed E-state index contributed by atoms with van der Waals surface area (Å²) >= 11 is 0. The molecule has 0 spiro atoms. The zero-order valence-corrected chi connectivity index (χ0v) is 14.6. The Bertz CT molecular complexity index is 590. The van der Waals surface area contributed by atoms with Gasteiger partial charge in [0.1, 0.15) is 5.82 Å². The first-order valence-corrected chi connectivity index (χ1v) is 8.33. The van der Waals surface area contributed by atoms with E-state index in [-0.39, 0.29) is 30.1 Å². The number of rotatable bonds is 4. The van der Waals surface area contributed by atoms with E-state index >= 15 is 0 Å². The van der Waals surface area contributed by atoms with Gasteiger partial charge >= 0.3 is 0 Å². The number of amides is 2. The van der Waals surface area contributed by atoms with Crippen LogP contribution in [0.3, 0.4) is 0 Å². The Labute approximate surface area is 142 Å². The number of carbonyl (C=O) groups excluding carboxylic acids is 2. The zero-order valence-electron chi connectivity index (χ0n) is 14.6. The lowest BCUT2D eigenvalue weighted by atomic mass is 9.94. The first-order chi connectivity index (χ1) is 11.3. The first-order valence-electron chi connectivity index (χ1n) is 8.33. The molecule has 0 aromatic heterocycles. The molecule has 1 aromatic carbocycles. The lowest BCUT2D eigenvalue weighted by Gasteiger charge is -2.33. The van der Waals surface area contributed by atoms with Gasteiger partial charge in [-0.1, -0.05) is 32.9 Å². The maximum atomic E-state index is 13.5. The van der Waals surface area contributed by atoms with Crippen LogP contribution < -0.4 is 10.6 Å². The Morgan fingerprint density at radius 1 is 1.21 bits per heavy atom. The minimum absolute atomic E-state index is 0.0539. The van der Waals surface area contributed by atoms with Crippen LogP contribution >= 0.6 is 0 Å². The van der Waals surface area contributed by atoms with Gasteiger partial charge in [-0.25, -0.2) is 4.39 Å². The van der Waals surface area contributed by atoms with E-state index in [4.69, 9.17) is 0 Å². The highest BCUT2D eigenvalue weighted by atomic mass is 19.1. The highest BCUT2D eigenvalue weighted by Crippen LogP contribution is 2.17. The molecule has 0 bridgehead atoms. The highest BCUT2D eigenvalue weighted by molar-refractivity contribution is 5.92. The number of benzene rings is 1. The third kappa shape index (κ3) is 5.30. The SMILES string of the molecule is CC(C)(C)C(=O)NC1CCN(CC(=O)Nc2ccccc2F)CC1. The van der Waals surface area contributed by atoms with E-state index in [0.717, 1.165) is 25.9 Å². The molecule has 1 saturated heterocycles. The number of nitrogens with zero attached hydrogens (tertiary/aromatic N) is 1. The van der Waals surface area contributed by atoms with Gasteiger partial charge in [-0.15, -0.1) is 0 Å². The normalized spacial score (nSPS) is 16.7. The average Bonchev–Trinajstić information content (AvgIpc) is 2.50. The predicted molar refractivity (Wildman–Crippen MR) is 92.1 cm³/mol. The Morgan fingerprint density at radius 3 is 2.42 bits per heavy atom. The second-order valence-electron chi connectivity index (χ2n) is 7.30. The van der Waals surface area contributed by atoms with Gasteiger partial charge in [0.25, 0.3) is 0 Å². The fourth-order valence-corrected chi connectivity index (χ4v) is 2.59. The van der Waals surface area contributed by atoms with Crippen LogP contribution in [0.5, 0.6) is 0 Å². The third-order valence-corrected chi connectivity index (χ3v) is 4.12. The van der Waals surface area contributed by atoms with Crippen molar-refractivity contribution in [2.75, 3.05) is 25.0 Å². The molecule has 132 valence electrons. The molecule has 5 nitrogen and oxygen atoms in total. The Balaban J connectivity index is 1.76. The quantitative estimate of drug-likeness (QED) is 0.888. The van der Waals surface area contributed by atoms with Crippen molar-refractivity contribution < 1.29 is 14.0 Å². The van der Waals surface area contributed by atoms with E-state index in [0.29, 0.717) is 0 Å². The average molecular weight is 335 g/mol. The van der Waals surface area contributed by atoms with Crippen LogP contribution in [-0.2, 0) is 9.59 Å². The van der Waals surface area contributed by atoms with Crippen molar-refractivity contribution in [1.29, 1.82) is 0 Å². The number of para-hydroxylation sites is 1. The van der Waals surface area contributed by atoms with Crippen molar-refractivity contribution in [3.8, 4) is 0 Å². The number of halogens is 1. The molecule has 24 heavy (non-hydrogen) atoms. The van der Waals surface area contributed by atoms with Gasteiger partial charge in [0.15, 0.2) is 0 Å². The van der Waals surface area contributed by atoms with Crippen molar-refractivity contribution in [3.05, 3.63) is 30.1 Å². The summed E-state index contributed by atoms with van der Waals surface area (Å²) in [5.41, 5.74) is -0.189. The predicted octanol–water partition coefficient (Wildman–Crippen LogP) is 2.39. The number of nitrogens with one attached hydrogen (secondary N) is 2. The number of hydrogen-bond acceptors (Lipinski definition) is 3. The smallest absolute Gasteiger partial charge is 0.238 e. The van der Waals surface area contributed by atoms with Crippen molar-refractivity contribution in [2.24, 2.45) is 5.41 Å². The van der Waals surface area contributed by atoms with E-state index in [9.17, 15) is 14.0 Å². The molecule has 6 heteroatoms. The molecule has 1 aromatic rings. The number of likely N-dealkylation sites (tertiary alicyclic amines) is 1. The largest absolute Gasteiger partial charge is 0.353 e. The molecular weight excluding hydrogens is 309 g/mol. The lowest BCUT2D eigenvalue weighted by molar-refractivity contribution is -0.129. The van der Waals surface area contributed by atoms with E-state index in [1.807, 2.05) is 25.7 Å². The van der Waals surface area contributed by atoms with E-state index in [1.54, 1.807) is 18.2 Å². The molecular formula is C18H26FN3O2. The van der Waals surface area contributed by atoms with Gasteiger partial charge in [0.2, 0.25) is 11.8 Å². The molecule has 1 fully saturated rings. The Kier molecular flexibility index (Phi) is 5.94. The fourth-order valence-electron chi connectivity index (χ4n) is 2.59. The topological polar surface area (TPSA) is 61.4 Å². The summed E-state index contributed by atoms with van der Waals surface area (Å²) in [6, 6.07) is 6.28. The van der Waals surface area contributed by atoms with E-state index < -0.39 is 11.2 Å². The van der Waals surface area contributed by atoms with Crippen LogP contribution in [0.25, 0.3) is 0 Å². The van der Waals surface area contributed by atoms with Crippen molar-refractivity contribution in [3.63, 3.8) is 0 Å². The van der Waals surface area contributed by atoms with Gasteiger partial charge in [-0.05, 0) is 25.0 Å². The molecule has 1 heterocycles. The number of hydrogen-bond donors (Lipinski definition) is 2. The summed E-state index contributed by atoms with van der Waals surface area (Å²) in [6.07, 6.45) is 1.63. The maximum Gasteiger partial charge on any atom is 0.238 e.